The van der Waals surface area contributed by atoms with Crippen LogP contribution in [0.3, 0.4) is 0 Å². The Hall–Kier alpha value is -2.28. The minimum absolute atomic E-state index is 0.0644. The summed E-state index contributed by atoms with van der Waals surface area (Å²) in [4.78, 5) is 39.6. The van der Waals surface area contributed by atoms with Crippen LogP contribution >= 0.6 is 11.6 Å². The predicted octanol–water partition coefficient (Wildman–Crippen LogP) is 0.912. The van der Waals surface area contributed by atoms with Gasteiger partial charge in [0, 0.05) is 38.2 Å². The van der Waals surface area contributed by atoms with Crippen molar-refractivity contribution in [2.24, 2.45) is 0 Å². The Kier molecular flexibility index (Phi) is 5.13. The summed E-state index contributed by atoms with van der Waals surface area (Å²) in [5.74, 6) is 0.257. The van der Waals surface area contributed by atoms with Crippen molar-refractivity contribution in [1.82, 2.24) is 15.1 Å². The highest BCUT2D eigenvalue weighted by Crippen LogP contribution is 2.25. The highest BCUT2D eigenvalue weighted by molar-refractivity contribution is 6.32. The summed E-state index contributed by atoms with van der Waals surface area (Å²) >= 11 is 6.08. The van der Waals surface area contributed by atoms with Crippen LogP contribution in [0, 0.1) is 0 Å². The van der Waals surface area contributed by atoms with Crippen LogP contribution in [-0.4, -0.2) is 66.9 Å². The van der Waals surface area contributed by atoms with Gasteiger partial charge in [-0.15, -0.1) is 0 Å². The minimum Gasteiger partial charge on any atom is -0.495 e. The zero-order chi connectivity index (χ0) is 18.0. The molecule has 0 saturated carbocycles. The van der Waals surface area contributed by atoms with Gasteiger partial charge in [-0.25, -0.2) is 0 Å². The van der Waals surface area contributed by atoms with E-state index in [-0.39, 0.29) is 17.7 Å². The van der Waals surface area contributed by atoms with Crippen LogP contribution in [0.2, 0.25) is 5.02 Å². The number of rotatable bonds is 3. The largest absolute Gasteiger partial charge is 0.495 e. The van der Waals surface area contributed by atoms with Gasteiger partial charge in [-0.05, 0) is 24.6 Å². The molecule has 0 aliphatic carbocycles. The summed E-state index contributed by atoms with van der Waals surface area (Å²) in [7, 11) is 1.52. The van der Waals surface area contributed by atoms with Crippen molar-refractivity contribution in [3.05, 3.63) is 28.8 Å². The number of ether oxygens (including phenoxy) is 1. The van der Waals surface area contributed by atoms with Crippen LogP contribution in [-0.2, 0) is 9.59 Å². The molecule has 2 aliphatic rings. The number of carbonyl (C=O) groups excluding carboxylic acids is 3. The van der Waals surface area contributed by atoms with Gasteiger partial charge in [0.25, 0.3) is 5.91 Å². The van der Waals surface area contributed by atoms with Gasteiger partial charge >= 0.3 is 0 Å². The molecule has 1 aromatic carbocycles. The monoisotopic (exact) mass is 365 g/mol. The lowest BCUT2D eigenvalue weighted by Crippen LogP contribution is -2.54. The van der Waals surface area contributed by atoms with E-state index in [0.717, 1.165) is 0 Å². The van der Waals surface area contributed by atoms with Gasteiger partial charge in [0.1, 0.15) is 11.8 Å². The first kappa shape index (κ1) is 17.5. The Morgan fingerprint density at radius 1 is 1.20 bits per heavy atom. The van der Waals surface area contributed by atoms with Crippen molar-refractivity contribution in [3.8, 4) is 5.75 Å². The Labute approximate surface area is 150 Å². The molecule has 134 valence electrons. The molecule has 1 N–H and O–H groups in total. The normalized spacial score (nSPS) is 20.4. The summed E-state index contributed by atoms with van der Waals surface area (Å²) in [6, 6.07) is 4.51. The topological polar surface area (TPSA) is 79.0 Å². The maximum absolute atomic E-state index is 12.6. The predicted molar refractivity (Wildman–Crippen MR) is 91.7 cm³/mol. The molecule has 0 bridgehead atoms. The van der Waals surface area contributed by atoms with Gasteiger partial charge in [-0.2, -0.15) is 0 Å². The molecule has 0 aromatic heterocycles. The van der Waals surface area contributed by atoms with Gasteiger partial charge < -0.3 is 19.9 Å². The van der Waals surface area contributed by atoms with E-state index in [1.165, 1.54) is 7.11 Å². The second kappa shape index (κ2) is 7.31. The van der Waals surface area contributed by atoms with Crippen molar-refractivity contribution in [2.75, 3.05) is 33.3 Å². The third kappa shape index (κ3) is 3.71. The number of hydrogen-bond acceptors (Lipinski definition) is 4. The molecule has 2 aliphatic heterocycles. The molecule has 7 nitrogen and oxygen atoms in total. The molecule has 1 unspecified atom stereocenters. The van der Waals surface area contributed by atoms with E-state index < -0.39 is 6.04 Å². The number of methoxy groups -OCH3 is 1. The van der Waals surface area contributed by atoms with E-state index in [4.69, 9.17) is 16.3 Å². The second-order valence-corrected chi connectivity index (χ2v) is 6.53. The lowest BCUT2D eigenvalue weighted by Gasteiger charge is -2.36. The maximum Gasteiger partial charge on any atom is 0.254 e. The minimum atomic E-state index is -0.421. The number of hydrogen-bond donors (Lipinski definition) is 1. The van der Waals surface area contributed by atoms with Crippen LogP contribution in [0.1, 0.15) is 23.2 Å². The van der Waals surface area contributed by atoms with E-state index in [9.17, 15) is 14.4 Å². The van der Waals surface area contributed by atoms with Crippen LogP contribution in [0.4, 0.5) is 0 Å². The summed E-state index contributed by atoms with van der Waals surface area (Å²) in [6.07, 6.45) is 0.939. The van der Waals surface area contributed by atoms with Crippen LogP contribution in [0.5, 0.6) is 5.75 Å². The number of nitrogens with one attached hydrogen (secondary N) is 1. The van der Waals surface area contributed by atoms with Gasteiger partial charge in [0.15, 0.2) is 0 Å². The summed E-state index contributed by atoms with van der Waals surface area (Å²) in [5, 5.41) is 3.08. The third-order valence-electron chi connectivity index (χ3n) is 4.57. The molecule has 3 amide bonds. The molecule has 0 radical (unpaired) electrons. The molecule has 8 heteroatoms. The van der Waals surface area contributed by atoms with Crippen molar-refractivity contribution in [1.29, 1.82) is 0 Å². The number of piperazine rings is 1. The van der Waals surface area contributed by atoms with Crippen LogP contribution in [0.25, 0.3) is 0 Å². The van der Waals surface area contributed by atoms with E-state index in [2.05, 4.69) is 5.32 Å². The van der Waals surface area contributed by atoms with Gasteiger partial charge in [-0.3, -0.25) is 14.4 Å². The van der Waals surface area contributed by atoms with Crippen molar-refractivity contribution in [2.45, 2.75) is 18.9 Å². The Morgan fingerprint density at radius 2 is 1.88 bits per heavy atom. The standard InChI is InChI=1S/C17H20ClN3O4/c1-25-14-4-2-11(10-12(14)18)16(23)20-6-8-21(9-7-20)17(24)13-3-5-15(22)19-13/h2,4,10,13H,3,5-9H2,1H3,(H,19,22). The van der Waals surface area contributed by atoms with Crippen molar-refractivity contribution >= 4 is 29.3 Å². The molecule has 2 heterocycles. The van der Waals surface area contributed by atoms with Gasteiger partial charge in [0.05, 0.1) is 12.1 Å². The molecular formula is C17H20ClN3O4. The van der Waals surface area contributed by atoms with Gasteiger partial charge in [-0.1, -0.05) is 11.6 Å². The first-order valence-corrected chi connectivity index (χ1v) is 8.58. The fourth-order valence-corrected chi connectivity index (χ4v) is 3.39. The smallest absolute Gasteiger partial charge is 0.254 e. The van der Waals surface area contributed by atoms with Crippen molar-refractivity contribution < 1.29 is 19.1 Å². The molecule has 25 heavy (non-hydrogen) atoms. The summed E-state index contributed by atoms with van der Waals surface area (Å²) in [6.45, 7) is 1.82. The summed E-state index contributed by atoms with van der Waals surface area (Å²) in [5.41, 5.74) is 0.494. The fraction of sp³-hybridized carbons (Fsp3) is 0.471. The zero-order valence-corrected chi connectivity index (χ0v) is 14.7. The lowest BCUT2D eigenvalue weighted by molar-refractivity contribution is -0.135. The molecule has 1 atom stereocenters. The van der Waals surface area contributed by atoms with Gasteiger partial charge in [0.2, 0.25) is 11.8 Å². The third-order valence-corrected chi connectivity index (χ3v) is 4.87. The highest BCUT2D eigenvalue weighted by atomic mass is 35.5. The molecular weight excluding hydrogens is 346 g/mol. The molecule has 1 aromatic rings. The number of halogens is 1. The summed E-state index contributed by atoms with van der Waals surface area (Å²) < 4.78 is 5.09. The van der Waals surface area contributed by atoms with Crippen LogP contribution in [0.15, 0.2) is 18.2 Å². The second-order valence-electron chi connectivity index (χ2n) is 6.13. The fourth-order valence-electron chi connectivity index (χ4n) is 3.13. The lowest BCUT2D eigenvalue weighted by atomic mass is 10.1. The number of amides is 3. The molecule has 3 rings (SSSR count). The average molecular weight is 366 g/mol. The SMILES string of the molecule is COc1ccc(C(=O)N2CCN(C(=O)C3CCC(=O)N3)CC2)cc1Cl. The maximum atomic E-state index is 12.6. The van der Waals surface area contributed by atoms with E-state index in [1.54, 1.807) is 28.0 Å². The first-order valence-electron chi connectivity index (χ1n) is 8.20. The van der Waals surface area contributed by atoms with E-state index >= 15 is 0 Å². The molecule has 2 saturated heterocycles. The first-order chi connectivity index (χ1) is 12.0. The highest BCUT2D eigenvalue weighted by Gasteiger charge is 2.33. The quantitative estimate of drug-likeness (QED) is 0.863. The Morgan fingerprint density at radius 3 is 2.44 bits per heavy atom. The van der Waals surface area contributed by atoms with Crippen LogP contribution < -0.4 is 10.1 Å². The Balaban J connectivity index is 1.58. The number of benzene rings is 1. The molecule has 0 spiro atoms. The number of carbonyl (C=O) groups is 3. The average Bonchev–Trinajstić information content (AvgIpc) is 3.07. The van der Waals surface area contributed by atoms with E-state index in [1.807, 2.05) is 0 Å². The van der Waals surface area contributed by atoms with E-state index in [0.29, 0.717) is 55.4 Å². The zero-order valence-electron chi connectivity index (χ0n) is 14.0. The Bertz CT molecular complexity index is 701. The van der Waals surface area contributed by atoms with Crippen molar-refractivity contribution in [3.63, 3.8) is 0 Å². The number of nitrogens with zero attached hydrogens (tertiary/aromatic N) is 2. The molecule has 2 fully saturated rings.